The molecule has 5 heteroatoms. The van der Waals surface area contributed by atoms with Crippen LogP contribution in [0.5, 0.6) is 0 Å². The summed E-state index contributed by atoms with van der Waals surface area (Å²) in [6.07, 6.45) is 0. The normalized spacial score (nSPS) is 12.2. The van der Waals surface area contributed by atoms with Crippen LogP contribution >= 0.6 is 23.3 Å². The van der Waals surface area contributed by atoms with E-state index in [2.05, 4.69) is 15.9 Å². The number of alkyl halides is 1. The first-order valence-electron chi connectivity index (χ1n) is 4.22. The van der Waals surface area contributed by atoms with E-state index < -0.39 is 13.3 Å². The Kier molecular flexibility index (Phi) is 5.23. The minimum atomic E-state index is -2.82. The van der Waals surface area contributed by atoms with Crippen LogP contribution in [0.3, 0.4) is 0 Å². The molecule has 0 saturated carbocycles. The summed E-state index contributed by atoms with van der Waals surface area (Å²) in [4.78, 5) is 11.0. The van der Waals surface area contributed by atoms with Crippen LogP contribution in [0, 0.1) is 0 Å². The molecule has 0 spiro atoms. The second kappa shape index (κ2) is 5.16. The van der Waals surface area contributed by atoms with Crippen molar-refractivity contribution >= 4 is 29.3 Å². The lowest BCUT2D eigenvalue weighted by atomic mass is 10.5. The molecule has 0 aliphatic carbocycles. The van der Waals surface area contributed by atoms with Crippen LogP contribution in [-0.2, 0) is 13.9 Å². The highest BCUT2D eigenvalue weighted by atomic mass is 79.9. The lowest BCUT2D eigenvalue weighted by molar-refractivity contribution is -0.131. The molecule has 0 heterocycles. The number of carbonyl (C=O) groups excluding carboxylic acids is 1. The summed E-state index contributed by atoms with van der Waals surface area (Å²) in [5, 5.41) is 0.0937. The van der Waals surface area contributed by atoms with Crippen molar-refractivity contribution in [2.45, 2.75) is 39.0 Å². The lowest BCUT2D eigenvalue weighted by Gasteiger charge is -2.24. The van der Waals surface area contributed by atoms with Crippen molar-refractivity contribution < 1.29 is 13.9 Å². The topological polar surface area (TPSA) is 43.4 Å². The third-order valence-corrected chi connectivity index (χ3v) is 5.62. The summed E-state index contributed by atoms with van der Waals surface area (Å²) >= 11 is 2.97. The molecular formula is C8H16BrO3P. The van der Waals surface area contributed by atoms with Crippen molar-refractivity contribution in [3.63, 3.8) is 0 Å². The molecule has 0 bridgehead atoms. The van der Waals surface area contributed by atoms with Gasteiger partial charge in [-0.3, -0.25) is 9.36 Å². The maximum absolute atomic E-state index is 12.1. The molecule has 0 amide bonds. The van der Waals surface area contributed by atoms with Crippen molar-refractivity contribution in [2.75, 3.05) is 5.33 Å². The van der Waals surface area contributed by atoms with E-state index in [9.17, 15) is 9.36 Å². The fraction of sp³-hybridized carbons (Fsp3) is 0.875. The smallest absolute Gasteiger partial charge is 0.321 e. The van der Waals surface area contributed by atoms with Gasteiger partial charge in [-0.1, -0.05) is 43.6 Å². The second-order valence-corrected chi connectivity index (χ2v) is 7.53. The standard InChI is InChI=1S/C8H16BrO3P/c1-6(2)13(11,7(3)4)12-8(10)5-9/h6-7H,5H2,1-4H3. The van der Waals surface area contributed by atoms with Gasteiger partial charge in [-0.15, -0.1) is 0 Å². The van der Waals surface area contributed by atoms with E-state index in [0.29, 0.717) is 0 Å². The van der Waals surface area contributed by atoms with E-state index in [1.165, 1.54) is 0 Å². The molecule has 0 N–H and O–H groups in total. The monoisotopic (exact) mass is 270 g/mol. The van der Waals surface area contributed by atoms with Gasteiger partial charge in [0.05, 0.1) is 0 Å². The van der Waals surface area contributed by atoms with Gasteiger partial charge in [0.15, 0.2) is 0 Å². The highest BCUT2D eigenvalue weighted by Crippen LogP contribution is 2.56. The van der Waals surface area contributed by atoms with Crippen LogP contribution in [-0.4, -0.2) is 22.6 Å². The number of carbonyl (C=O) groups is 1. The van der Waals surface area contributed by atoms with Crippen molar-refractivity contribution in [3.05, 3.63) is 0 Å². The molecule has 78 valence electrons. The molecule has 0 radical (unpaired) electrons. The quantitative estimate of drug-likeness (QED) is 0.583. The van der Waals surface area contributed by atoms with Crippen molar-refractivity contribution in [1.82, 2.24) is 0 Å². The zero-order chi connectivity index (χ0) is 10.6. The molecule has 0 aliphatic heterocycles. The highest BCUT2D eigenvalue weighted by molar-refractivity contribution is 9.09. The Hall–Kier alpha value is 0.180. The molecule has 0 aliphatic rings. The predicted molar refractivity (Wildman–Crippen MR) is 57.8 cm³/mol. The predicted octanol–water partition coefficient (Wildman–Crippen LogP) is 3.02. The molecule has 0 fully saturated rings. The van der Waals surface area contributed by atoms with Crippen LogP contribution in [0.25, 0.3) is 0 Å². The van der Waals surface area contributed by atoms with Gasteiger partial charge in [0.25, 0.3) is 7.37 Å². The van der Waals surface area contributed by atoms with Crippen molar-refractivity contribution in [2.24, 2.45) is 0 Å². The van der Waals surface area contributed by atoms with Crippen LogP contribution < -0.4 is 0 Å². The molecule has 0 atom stereocenters. The molecule has 0 aromatic rings. The Labute approximate surface area is 87.8 Å². The lowest BCUT2D eigenvalue weighted by Crippen LogP contribution is -2.15. The second-order valence-electron chi connectivity index (χ2n) is 3.43. The average Bonchev–Trinajstić information content (AvgIpc) is 2.03. The summed E-state index contributed by atoms with van der Waals surface area (Å²) in [7, 11) is -2.82. The molecule has 13 heavy (non-hydrogen) atoms. The molecule has 0 saturated heterocycles. The van der Waals surface area contributed by atoms with Gasteiger partial charge in [0.2, 0.25) is 0 Å². The van der Waals surface area contributed by atoms with Gasteiger partial charge >= 0.3 is 5.97 Å². The van der Waals surface area contributed by atoms with Crippen LogP contribution in [0.15, 0.2) is 0 Å². The maximum atomic E-state index is 12.1. The van der Waals surface area contributed by atoms with E-state index in [1.807, 2.05) is 27.7 Å². The van der Waals surface area contributed by atoms with E-state index >= 15 is 0 Å². The van der Waals surface area contributed by atoms with Gasteiger partial charge in [0.1, 0.15) is 5.33 Å². The van der Waals surface area contributed by atoms with E-state index in [0.717, 1.165) is 0 Å². The van der Waals surface area contributed by atoms with Gasteiger partial charge in [-0.05, 0) is 0 Å². The first-order chi connectivity index (χ1) is 5.84. The summed E-state index contributed by atoms with van der Waals surface area (Å²) < 4.78 is 17.1. The van der Waals surface area contributed by atoms with Gasteiger partial charge < -0.3 is 4.52 Å². The first kappa shape index (κ1) is 13.2. The van der Waals surface area contributed by atoms with Crippen molar-refractivity contribution in [3.8, 4) is 0 Å². The Morgan fingerprint density at radius 3 is 1.92 bits per heavy atom. The number of rotatable bonds is 4. The Morgan fingerprint density at radius 2 is 1.69 bits per heavy atom. The van der Waals surface area contributed by atoms with Gasteiger partial charge in [-0.25, -0.2) is 0 Å². The summed E-state index contributed by atoms with van der Waals surface area (Å²) in [5.74, 6) is -0.453. The average molecular weight is 271 g/mol. The van der Waals surface area contributed by atoms with Gasteiger partial charge in [-0.2, -0.15) is 0 Å². The molecule has 0 aromatic heterocycles. The van der Waals surface area contributed by atoms with E-state index in [-0.39, 0.29) is 16.6 Å². The third kappa shape index (κ3) is 3.43. The molecule has 0 rings (SSSR count). The summed E-state index contributed by atoms with van der Waals surface area (Å²) in [6, 6.07) is 0. The highest BCUT2D eigenvalue weighted by Gasteiger charge is 2.34. The minimum absolute atomic E-state index is 0.0937. The fourth-order valence-corrected chi connectivity index (χ4v) is 3.28. The molecule has 0 unspecified atom stereocenters. The Morgan fingerprint density at radius 1 is 1.31 bits per heavy atom. The van der Waals surface area contributed by atoms with Crippen molar-refractivity contribution in [1.29, 1.82) is 0 Å². The maximum Gasteiger partial charge on any atom is 0.321 e. The Balaban J connectivity index is 4.63. The summed E-state index contributed by atoms with van der Waals surface area (Å²) in [5.41, 5.74) is -0.231. The summed E-state index contributed by atoms with van der Waals surface area (Å²) in [6.45, 7) is 7.23. The van der Waals surface area contributed by atoms with Crippen LogP contribution in [0.1, 0.15) is 27.7 Å². The first-order valence-corrected chi connectivity index (χ1v) is 7.10. The van der Waals surface area contributed by atoms with E-state index in [4.69, 9.17) is 4.52 Å². The molecular weight excluding hydrogens is 255 g/mol. The molecule has 0 aromatic carbocycles. The van der Waals surface area contributed by atoms with Gasteiger partial charge in [0, 0.05) is 11.3 Å². The Bertz CT molecular complexity index is 213. The number of hydrogen-bond donors (Lipinski definition) is 0. The number of halogens is 1. The third-order valence-electron chi connectivity index (χ3n) is 1.79. The SMILES string of the molecule is CC(C)P(=O)(OC(=O)CBr)C(C)C. The minimum Gasteiger partial charge on any atom is -0.411 e. The fourth-order valence-electron chi connectivity index (χ4n) is 0.991. The molecule has 3 nitrogen and oxygen atoms in total. The largest absolute Gasteiger partial charge is 0.411 e. The van der Waals surface area contributed by atoms with Crippen LogP contribution in [0.2, 0.25) is 0 Å². The number of hydrogen-bond acceptors (Lipinski definition) is 3. The van der Waals surface area contributed by atoms with E-state index in [1.54, 1.807) is 0 Å². The zero-order valence-corrected chi connectivity index (χ0v) is 10.9. The van der Waals surface area contributed by atoms with Crippen LogP contribution in [0.4, 0.5) is 0 Å². The zero-order valence-electron chi connectivity index (χ0n) is 8.41.